The topological polar surface area (TPSA) is 130 Å². The van der Waals surface area contributed by atoms with Gasteiger partial charge in [-0.25, -0.2) is 16.8 Å². The molecule has 0 aliphatic rings. The zero-order chi connectivity index (χ0) is 19.3. The highest BCUT2D eigenvalue weighted by atomic mass is 32.2. The van der Waals surface area contributed by atoms with E-state index in [0.717, 1.165) is 6.42 Å². The average Bonchev–Trinajstić information content (AvgIpc) is 2.50. The Bertz CT molecular complexity index is 786. The first-order valence-corrected chi connectivity index (χ1v) is 11.0. The summed E-state index contributed by atoms with van der Waals surface area (Å²) in [5.41, 5.74) is 0.244. The highest BCUT2D eigenvalue weighted by molar-refractivity contribution is 7.92. The summed E-state index contributed by atoms with van der Waals surface area (Å²) < 4.78 is 52.7. The minimum absolute atomic E-state index is 0.0141. The fourth-order valence-electron chi connectivity index (χ4n) is 1.97. The van der Waals surface area contributed by atoms with Gasteiger partial charge in [0.05, 0.1) is 10.6 Å². The lowest BCUT2D eigenvalue weighted by molar-refractivity contribution is -0.140. The van der Waals surface area contributed by atoms with Gasteiger partial charge in [0.25, 0.3) is 0 Å². The molecule has 8 nitrogen and oxygen atoms in total. The minimum atomic E-state index is -4.03. The van der Waals surface area contributed by atoms with Crippen LogP contribution in [0, 0.1) is 5.92 Å². The molecule has 0 bridgehead atoms. The van der Waals surface area contributed by atoms with Gasteiger partial charge in [0, 0.05) is 5.69 Å². The molecular formula is C15H24N2O6S2. The van der Waals surface area contributed by atoms with E-state index in [1.165, 1.54) is 24.3 Å². The second kappa shape index (κ2) is 8.63. The van der Waals surface area contributed by atoms with Crippen molar-refractivity contribution in [2.75, 3.05) is 10.5 Å². The third kappa shape index (κ3) is 6.63. The van der Waals surface area contributed by atoms with Crippen LogP contribution < -0.4 is 9.44 Å². The molecule has 0 radical (unpaired) electrons. The number of hydrogen-bond acceptors (Lipinski definition) is 5. The van der Waals surface area contributed by atoms with Crippen molar-refractivity contribution in [3.8, 4) is 0 Å². The molecule has 0 aliphatic carbocycles. The lowest BCUT2D eigenvalue weighted by Gasteiger charge is -2.18. The zero-order valence-corrected chi connectivity index (χ0v) is 16.0. The number of nitrogens with one attached hydrogen (secondary N) is 2. The lowest BCUT2D eigenvalue weighted by atomic mass is 10.1. The first kappa shape index (κ1) is 21.4. The SMILES string of the molecule is CCCCS(=O)(=O)Nc1ccc(S(=O)(=O)N[C@H](C(=O)O)C(C)C)cc1. The number of rotatable bonds is 10. The maximum Gasteiger partial charge on any atom is 0.322 e. The van der Waals surface area contributed by atoms with Crippen LogP contribution in [0.15, 0.2) is 29.2 Å². The lowest BCUT2D eigenvalue weighted by Crippen LogP contribution is -2.44. The van der Waals surface area contributed by atoms with Crippen LogP contribution in [0.25, 0.3) is 0 Å². The standard InChI is InChI=1S/C15H24N2O6S2/c1-4-5-10-24(20,21)16-12-6-8-13(9-7-12)25(22,23)17-14(11(2)3)15(18)19/h6-9,11,14,16-17H,4-5,10H2,1-3H3,(H,18,19)/t14-/m0/s1. The Morgan fingerprint density at radius 2 is 1.68 bits per heavy atom. The van der Waals surface area contributed by atoms with Gasteiger partial charge in [-0.2, -0.15) is 4.72 Å². The van der Waals surface area contributed by atoms with Gasteiger partial charge in [-0.05, 0) is 36.6 Å². The Labute approximate surface area is 148 Å². The fraction of sp³-hybridized carbons (Fsp3) is 0.533. The van der Waals surface area contributed by atoms with E-state index in [2.05, 4.69) is 9.44 Å². The number of carboxylic acid groups (broad SMARTS) is 1. The van der Waals surface area contributed by atoms with Gasteiger partial charge >= 0.3 is 5.97 Å². The maximum atomic E-state index is 12.3. The maximum absolute atomic E-state index is 12.3. The number of benzene rings is 1. The number of unbranched alkanes of at least 4 members (excludes halogenated alkanes) is 1. The monoisotopic (exact) mass is 392 g/mol. The molecule has 1 atom stereocenters. The van der Waals surface area contributed by atoms with Crippen molar-refractivity contribution in [2.24, 2.45) is 5.92 Å². The van der Waals surface area contributed by atoms with Crippen molar-refractivity contribution in [1.29, 1.82) is 0 Å². The molecule has 0 amide bonds. The first-order chi connectivity index (χ1) is 11.5. The van der Waals surface area contributed by atoms with Crippen LogP contribution in [0.4, 0.5) is 5.69 Å². The molecule has 0 fully saturated rings. The molecule has 1 rings (SSSR count). The van der Waals surface area contributed by atoms with Crippen molar-refractivity contribution in [3.05, 3.63) is 24.3 Å². The number of sulfonamides is 2. The van der Waals surface area contributed by atoms with Crippen LogP contribution in [-0.2, 0) is 24.8 Å². The van der Waals surface area contributed by atoms with Crippen molar-refractivity contribution in [3.63, 3.8) is 0 Å². The van der Waals surface area contributed by atoms with E-state index in [-0.39, 0.29) is 16.3 Å². The van der Waals surface area contributed by atoms with Gasteiger partial charge in [-0.3, -0.25) is 9.52 Å². The van der Waals surface area contributed by atoms with Gasteiger partial charge in [-0.1, -0.05) is 27.2 Å². The molecule has 0 spiro atoms. The third-order valence-corrected chi connectivity index (χ3v) is 6.25. The number of carbonyl (C=O) groups is 1. The number of anilines is 1. The molecule has 0 aromatic heterocycles. The second-order valence-corrected chi connectivity index (χ2v) is 9.54. The summed E-state index contributed by atoms with van der Waals surface area (Å²) >= 11 is 0. The van der Waals surface area contributed by atoms with Crippen molar-refractivity contribution < 1.29 is 26.7 Å². The smallest absolute Gasteiger partial charge is 0.322 e. The molecule has 0 unspecified atom stereocenters. The molecular weight excluding hydrogens is 368 g/mol. The molecule has 1 aromatic rings. The molecule has 25 heavy (non-hydrogen) atoms. The third-order valence-electron chi connectivity index (χ3n) is 3.42. The number of carboxylic acids is 1. The Morgan fingerprint density at radius 3 is 2.12 bits per heavy atom. The van der Waals surface area contributed by atoms with Crippen LogP contribution in [0.2, 0.25) is 0 Å². The van der Waals surface area contributed by atoms with E-state index < -0.39 is 38.0 Å². The molecule has 142 valence electrons. The molecule has 1 aromatic carbocycles. The van der Waals surface area contributed by atoms with Crippen molar-refractivity contribution in [1.82, 2.24) is 4.72 Å². The predicted octanol–water partition coefficient (Wildman–Crippen LogP) is 1.62. The molecule has 0 saturated carbocycles. The van der Waals surface area contributed by atoms with Gasteiger partial charge in [0.15, 0.2) is 0 Å². The Kier molecular flexibility index (Phi) is 7.39. The zero-order valence-electron chi connectivity index (χ0n) is 14.4. The van der Waals surface area contributed by atoms with E-state index in [1.807, 2.05) is 6.92 Å². The Balaban J connectivity index is 2.92. The summed E-state index contributed by atoms with van der Waals surface area (Å²) in [6.45, 7) is 5.06. The van der Waals surface area contributed by atoms with E-state index in [9.17, 15) is 21.6 Å². The molecule has 0 saturated heterocycles. The largest absolute Gasteiger partial charge is 0.480 e. The normalized spacial score (nSPS) is 13.6. The van der Waals surface area contributed by atoms with Crippen LogP contribution >= 0.6 is 0 Å². The average molecular weight is 392 g/mol. The molecule has 0 heterocycles. The van der Waals surface area contributed by atoms with Gasteiger partial charge in [-0.15, -0.1) is 0 Å². The first-order valence-electron chi connectivity index (χ1n) is 7.84. The van der Waals surface area contributed by atoms with E-state index >= 15 is 0 Å². The quantitative estimate of drug-likeness (QED) is 0.555. The Hall–Kier alpha value is -1.65. The summed E-state index contributed by atoms with van der Waals surface area (Å²) in [7, 11) is -7.51. The Morgan fingerprint density at radius 1 is 1.12 bits per heavy atom. The van der Waals surface area contributed by atoms with Crippen LogP contribution in [0.1, 0.15) is 33.6 Å². The van der Waals surface area contributed by atoms with Gasteiger partial charge < -0.3 is 5.11 Å². The summed E-state index contributed by atoms with van der Waals surface area (Å²) in [6, 6.07) is 3.84. The highest BCUT2D eigenvalue weighted by Gasteiger charge is 2.28. The molecule has 0 aliphatic heterocycles. The van der Waals surface area contributed by atoms with Crippen molar-refractivity contribution in [2.45, 2.75) is 44.6 Å². The van der Waals surface area contributed by atoms with E-state index in [0.29, 0.717) is 6.42 Å². The van der Waals surface area contributed by atoms with Gasteiger partial charge in [0.1, 0.15) is 6.04 Å². The molecule has 10 heteroatoms. The summed E-state index contributed by atoms with van der Waals surface area (Å²) in [4.78, 5) is 11.0. The summed E-state index contributed by atoms with van der Waals surface area (Å²) in [5, 5.41) is 9.09. The van der Waals surface area contributed by atoms with Gasteiger partial charge in [0.2, 0.25) is 20.0 Å². The number of aliphatic carboxylic acids is 1. The van der Waals surface area contributed by atoms with E-state index in [1.54, 1.807) is 13.8 Å². The predicted molar refractivity (Wildman–Crippen MR) is 95.3 cm³/mol. The van der Waals surface area contributed by atoms with Crippen LogP contribution in [0.5, 0.6) is 0 Å². The number of hydrogen-bond donors (Lipinski definition) is 3. The van der Waals surface area contributed by atoms with Crippen molar-refractivity contribution >= 4 is 31.7 Å². The second-order valence-electron chi connectivity index (χ2n) is 5.98. The fourth-order valence-corrected chi connectivity index (χ4v) is 4.58. The molecule has 3 N–H and O–H groups in total. The summed E-state index contributed by atoms with van der Waals surface area (Å²) in [5.74, 6) is -1.71. The summed E-state index contributed by atoms with van der Waals surface area (Å²) in [6.07, 6.45) is 1.27. The van der Waals surface area contributed by atoms with Crippen LogP contribution in [0.3, 0.4) is 0 Å². The minimum Gasteiger partial charge on any atom is -0.480 e. The van der Waals surface area contributed by atoms with Crippen LogP contribution in [-0.4, -0.2) is 39.7 Å². The highest BCUT2D eigenvalue weighted by Crippen LogP contribution is 2.17. The van der Waals surface area contributed by atoms with E-state index in [4.69, 9.17) is 5.11 Å².